The first-order valence-electron chi connectivity index (χ1n) is 9.82. The van der Waals surface area contributed by atoms with E-state index in [4.69, 9.17) is 5.26 Å². The van der Waals surface area contributed by atoms with Crippen LogP contribution in [0, 0.1) is 17.1 Å². The van der Waals surface area contributed by atoms with Gasteiger partial charge in [-0.25, -0.2) is 4.39 Å². The van der Waals surface area contributed by atoms with Gasteiger partial charge in [-0.1, -0.05) is 24.3 Å². The van der Waals surface area contributed by atoms with Gasteiger partial charge in [0.15, 0.2) is 0 Å². The molecule has 4 rings (SSSR count). The van der Waals surface area contributed by atoms with Gasteiger partial charge in [-0.2, -0.15) is 5.26 Å². The maximum atomic E-state index is 13.3. The monoisotopic (exact) mass is 401 g/mol. The molecule has 30 heavy (non-hydrogen) atoms. The molecule has 5 nitrogen and oxygen atoms in total. The van der Waals surface area contributed by atoms with Gasteiger partial charge in [0.2, 0.25) is 5.91 Å². The average molecular weight is 401 g/mol. The van der Waals surface area contributed by atoms with Crippen molar-refractivity contribution in [3.05, 3.63) is 87.6 Å². The molecule has 0 unspecified atom stereocenters. The fourth-order valence-corrected chi connectivity index (χ4v) is 3.74. The van der Waals surface area contributed by atoms with Crippen LogP contribution in [0.1, 0.15) is 29.7 Å². The van der Waals surface area contributed by atoms with Crippen LogP contribution in [-0.2, 0) is 11.2 Å². The molecule has 6 heteroatoms. The van der Waals surface area contributed by atoms with E-state index in [1.807, 2.05) is 17.0 Å². The Morgan fingerprint density at radius 1 is 1.17 bits per heavy atom. The second-order valence-corrected chi connectivity index (χ2v) is 7.36. The number of carbonyl (C=O) groups is 1. The minimum absolute atomic E-state index is 0.0326. The summed E-state index contributed by atoms with van der Waals surface area (Å²) >= 11 is 0. The molecule has 2 heterocycles. The number of aryl methyl sites for hydroxylation is 1. The van der Waals surface area contributed by atoms with E-state index in [1.165, 1.54) is 17.7 Å². The Kier molecular flexibility index (Phi) is 5.44. The summed E-state index contributed by atoms with van der Waals surface area (Å²) in [6, 6.07) is 15.5. The summed E-state index contributed by atoms with van der Waals surface area (Å²) in [5, 5.41) is 9.87. The second kappa shape index (κ2) is 8.34. The highest BCUT2D eigenvalue weighted by atomic mass is 19.1. The number of hydrogen-bond acceptors (Lipinski definition) is 3. The Balaban J connectivity index is 1.39. The van der Waals surface area contributed by atoms with Gasteiger partial charge in [0.05, 0.1) is 11.6 Å². The first-order valence-corrected chi connectivity index (χ1v) is 9.82. The summed E-state index contributed by atoms with van der Waals surface area (Å²) in [7, 11) is 0. The van der Waals surface area contributed by atoms with Crippen LogP contribution in [0.4, 0.5) is 4.39 Å². The third kappa shape index (κ3) is 4.15. The maximum absolute atomic E-state index is 13.3. The van der Waals surface area contributed by atoms with Crippen molar-refractivity contribution in [1.82, 2.24) is 9.88 Å². The lowest BCUT2D eigenvalue weighted by atomic mass is 9.98. The minimum atomic E-state index is -0.450. The quantitative estimate of drug-likeness (QED) is 0.723. The van der Waals surface area contributed by atoms with Crippen LogP contribution < -0.4 is 5.56 Å². The molecule has 0 saturated heterocycles. The molecule has 0 aliphatic carbocycles. The van der Waals surface area contributed by atoms with Gasteiger partial charge in [0, 0.05) is 30.6 Å². The van der Waals surface area contributed by atoms with Gasteiger partial charge in [0.1, 0.15) is 5.82 Å². The number of nitrogens with zero attached hydrogens (tertiary/aromatic N) is 2. The summed E-state index contributed by atoms with van der Waals surface area (Å²) in [4.78, 5) is 29.3. The molecule has 0 saturated carbocycles. The number of hydrogen-bond donors (Lipinski definition) is 1. The molecule has 1 aliphatic heterocycles. The van der Waals surface area contributed by atoms with Crippen LogP contribution in [0.5, 0.6) is 0 Å². The zero-order chi connectivity index (χ0) is 21.1. The van der Waals surface area contributed by atoms with Crippen LogP contribution in [-0.4, -0.2) is 28.9 Å². The van der Waals surface area contributed by atoms with Gasteiger partial charge >= 0.3 is 0 Å². The van der Waals surface area contributed by atoms with Crippen molar-refractivity contribution >= 4 is 22.3 Å². The summed E-state index contributed by atoms with van der Waals surface area (Å²) in [6.45, 7) is 1.18. The van der Waals surface area contributed by atoms with Crippen molar-refractivity contribution in [1.29, 1.82) is 5.26 Å². The number of pyridine rings is 1. The Hall–Kier alpha value is -3.72. The van der Waals surface area contributed by atoms with Crippen molar-refractivity contribution in [2.75, 3.05) is 13.1 Å². The van der Waals surface area contributed by atoms with Gasteiger partial charge < -0.3 is 9.88 Å². The lowest BCUT2D eigenvalue weighted by Gasteiger charge is -2.27. The van der Waals surface area contributed by atoms with E-state index >= 15 is 0 Å². The summed E-state index contributed by atoms with van der Waals surface area (Å²) in [5.41, 5.74) is 3.20. The molecule has 3 aromatic rings. The van der Waals surface area contributed by atoms with Gasteiger partial charge in [-0.3, -0.25) is 9.59 Å². The van der Waals surface area contributed by atoms with Crippen LogP contribution in [0.2, 0.25) is 0 Å². The highest BCUT2D eigenvalue weighted by molar-refractivity contribution is 5.82. The Bertz CT molecular complexity index is 1240. The second-order valence-electron chi connectivity index (χ2n) is 7.36. The lowest BCUT2D eigenvalue weighted by molar-refractivity contribution is -0.130. The predicted molar refractivity (Wildman–Crippen MR) is 113 cm³/mol. The lowest BCUT2D eigenvalue weighted by Crippen LogP contribution is -2.34. The van der Waals surface area contributed by atoms with Crippen molar-refractivity contribution in [2.24, 2.45) is 0 Å². The number of carbonyl (C=O) groups excluding carboxylic acids is 1. The van der Waals surface area contributed by atoms with Gasteiger partial charge in [-0.15, -0.1) is 0 Å². The SMILES string of the molecule is N#Cc1ccc(C2=CCN(C(=O)CCc3cc4ccc(F)cc4c(=O)[nH]3)CC2)cc1. The van der Waals surface area contributed by atoms with E-state index in [2.05, 4.69) is 17.1 Å². The number of halogens is 1. The van der Waals surface area contributed by atoms with E-state index in [1.54, 1.807) is 24.3 Å². The van der Waals surface area contributed by atoms with Crippen molar-refractivity contribution < 1.29 is 9.18 Å². The molecule has 1 amide bonds. The fourth-order valence-electron chi connectivity index (χ4n) is 3.74. The number of nitriles is 1. The molecule has 1 aromatic heterocycles. The smallest absolute Gasteiger partial charge is 0.256 e. The number of aromatic amines is 1. The number of aromatic nitrogens is 1. The molecular formula is C24H20FN3O2. The van der Waals surface area contributed by atoms with E-state index in [0.717, 1.165) is 12.0 Å². The summed E-state index contributed by atoms with van der Waals surface area (Å²) < 4.78 is 13.3. The first kappa shape index (κ1) is 19.6. The number of fused-ring (bicyclic) bond motifs is 1. The molecule has 0 bridgehead atoms. The minimum Gasteiger partial charge on any atom is -0.339 e. The first-order chi connectivity index (χ1) is 14.5. The van der Waals surface area contributed by atoms with Crippen LogP contribution in [0.25, 0.3) is 16.3 Å². The highest BCUT2D eigenvalue weighted by Gasteiger charge is 2.18. The topological polar surface area (TPSA) is 77.0 Å². The molecule has 1 aliphatic rings. The number of benzene rings is 2. The molecule has 1 N–H and O–H groups in total. The summed E-state index contributed by atoms with van der Waals surface area (Å²) in [6.07, 6.45) is 3.53. The fraction of sp³-hybridized carbons (Fsp3) is 0.208. The van der Waals surface area contributed by atoms with Crippen LogP contribution in [0.15, 0.2) is 59.4 Å². The number of amides is 1. The van der Waals surface area contributed by atoms with Gasteiger partial charge in [-0.05, 0) is 59.7 Å². The predicted octanol–water partition coefficient (Wildman–Crippen LogP) is 3.79. The van der Waals surface area contributed by atoms with E-state index in [9.17, 15) is 14.0 Å². The number of nitrogens with one attached hydrogen (secondary N) is 1. The molecule has 150 valence electrons. The van der Waals surface area contributed by atoms with Gasteiger partial charge in [0.25, 0.3) is 5.56 Å². The number of rotatable bonds is 4. The Morgan fingerprint density at radius 3 is 2.67 bits per heavy atom. The van der Waals surface area contributed by atoms with Crippen molar-refractivity contribution in [3.8, 4) is 6.07 Å². The van der Waals surface area contributed by atoms with Crippen molar-refractivity contribution in [3.63, 3.8) is 0 Å². The third-order valence-electron chi connectivity index (χ3n) is 5.42. The third-order valence-corrected chi connectivity index (χ3v) is 5.42. The molecule has 0 fully saturated rings. The molecule has 0 spiro atoms. The number of H-pyrrole nitrogens is 1. The van der Waals surface area contributed by atoms with E-state index < -0.39 is 5.82 Å². The maximum Gasteiger partial charge on any atom is 0.256 e. The largest absolute Gasteiger partial charge is 0.339 e. The van der Waals surface area contributed by atoms with Crippen LogP contribution >= 0.6 is 0 Å². The Morgan fingerprint density at radius 2 is 1.97 bits per heavy atom. The highest BCUT2D eigenvalue weighted by Crippen LogP contribution is 2.23. The molecule has 2 aromatic carbocycles. The average Bonchev–Trinajstić information content (AvgIpc) is 2.78. The molecule has 0 atom stereocenters. The zero-order valence-corrected chi connectivity index (χ0v) is 16.3. The standard InChI is InChI=1S/C24H20FN3O2/c25-20-6-5-19-13-21(27-24(30)22(19)14-20)7-8-23(29)28-11-9-18(10-12-28)17-3-1-16(15-26)2-4-17/h1-6,9,13-14H,7-8,10-12H2,(H,27,30). The van der Waals surface area contributed by atoms with E-state index in [-0.39, 0.29) is 11.5 Å². The summed E-state index contributed by atoms with van der Waals surface area (Å²) in [5.74, 6) is -0.417. The zero-order valence-electron chi connectivity index (χ0n) is 16.3. The Labute approximate surface area is 173 Å². The van der Waals surface area contributed by atoms with Crippen LogP contribution in [0.3, 0.4) is 0 Å². The molecular weight excluding hydrogens is 381 g/mol. The normalized spacial score (nSPS) is 13.7. The van der Waals surface area contributed by atoms with Crippen molar-refractivity contribution in [2.45, 2.75) is 19.3 Å². The molecule has 0 radical (unpaired) electrons. The van der Waals surface area contributed by atoms with E-state index in [0.29, 0.717) is 48.0 Å².